The molecule has 0 saturated carbocycles. The van der Waals surface area contributed by atoms with E-state index in [1.807, 2.05) is 0 Å². The first-order valence-corrected chi connectivity index (χ1v) is 6.63. The summed E-state index contributed by atoms with van der Waals surface area (Å²) in [6.45, 7) is -0.144. The van der Waals surface area contributed by atoms with E-state index in [1.54, 1.807) is 0 Å². The molecule has 1 heterocycles. The average molecular weight is 351 g/mol. The minimum atomic E-state index is -4.57. The van der Waals surface area contributed by atoms with Gasteiger partial charge in [-0.05, 0) is 24.3 Å². The zero-order valence-corrected chi connectivity index (χ0v) is 11.9. The van der Waals surface area contributed by atoms with E-state index in [1.165, 1.54) is 6.07 Å². The highest BCUT2D eigenvalue weighted by molar-refractivity contribution is 5.94. The van der Waals surface area contributed by atoms with Crippen LogP contribution in [0.5, 0.6) is 0 Å². The molecular formula is C14H11F6N3O. The van der Waals surface area contributed by atoms with E-state index in [2.05, 4.69) is 10.4 Å². The Labute approximate surface area is 132 Å². The Morgan fingerprint density at radius 3 is 2.38 bits per heavy atom. The summed E-state index contributed by atoms with van der Waals surface area (Å²) in [5, 5.41) is 5.61. The first-order valence-electron chi connectivity index (χ1n) is 6.63. The molecule has 0 fully saturated rings. The zero-order valence-electron chi connectivity index (χ0n) is 11.9. The van der Waals surface area contributed by atoms with Crippen LogP contribution >= 0.6 is 0 Å². The average Bonchev–Trinajstić information content (AvgIpc) is 2.95. The van der Waals surface area contributed by atoms with E-state index in [0.717, 1.165) is 29.1 Å². The maximum absolute atomic E-state index is 12.6. The van der Waals surface area contributed by atoms with Gasteiger partial charge in [-0.1, -0.05) is 6.07 Å². The summed E-state index contributed by atoms with van der Waals surface area (Å²) >= 11 is 0. The molecule has 10 heteroatoms. The molecule has 130 valence electrons. The number of hydrogen-bond acceptors (Lipinski definition) is 2. The van der Waals surface area contributed by atoms with Gasteiger partial charge >= 0.3 is 12.4 Å². The largest absolute Gasteiger partial charge is 0.435 e. The molecule has 0 radical (unpaired) electrons. The smallest absolute Gasteiger partial charge is 0.350 e. The van der Waals surface area contributed by atoms with Gasteiger partial charge in [-0.15, -0.1) is 0 Å². The highest BCUT2D eigenvalue weighted by Crippen LogP contribution is 2.29. The number of benzene rings is 1. The van der Waals surface area contributed by atoms with E-state index in [-0.39, 0.29) is 18.7 Å². The van der Waals surface area contributed by atoms with Crippen LogP contribution in [0, 0.1) is 0 Å². The molecule has 2 aromatic rings. The SMILES string of the molecule is O=C(NCCn1ccc(C(F)(F)F)n1)c1cccc(C(F)(F)F)c1. The van der Waals surface area contributed by atoms with Crippen molar-refractivity contribution in [3.63, 3.8) is 0 Å². The van der Waals surface area contributed by atoms with Crippen molar-refractivity contribution >= 4 is 5.91 Å². The number of hydrogen-bond donors (Lipinski definition) is 1. The number of amides is 1. The van der Waals surface area contributed by atoms with Gasteiger partial charge < -0.3 is 5.32 Å². The van der Waals surface area contributed by atoms with Crippen molar-refractivity contribution in [2.24, 2.45) is 0 Å². The molecular weight excluding hydrogens is 340 g/mol. The lowest BCUT2D eigenvalue weighted by molar-refractivity contribution is -0.141. The number of alkyl halides is 6. The third kappa shape index (κ3) is 4.49. The Hall–Kier alpha value is -2.52. The van der Waals surface area contributed by atoms with Crippen LogP contribution in [0.1, 0.15) is 21.6 Å². The van der Waals surface area contributed by atoms with Gasteiger partial charge in [0.15, 0.2) is 5.69 Å². The van der Waals surface area contributed by atoms with Crippen molar-refractivity contribution in [3.8, 4) is 0 Å². The van der Waals surface area contributed by atoms with Crippen LogP contribution in [0.15, 0.2) is 36.5 Å². The zero-order chi connectivity index (χ0) is 18.0. The number of carbonyl (C=O) groups is 1. The lowest BCUT2D eigenvalue weighted by Crippen LogP contribution is -2.27. The molecule has 1 amide bonds. The lowest BCUT2D eigenvalue weighted by Gasteiger charge is -2.09. The van der Waals surface area contributed by atoms with E-state index in [0.29, 0.717) is 6.07 Å². The Morgan fingerprint density at radius 2 is 1.79 bits per heavy atom. The maximum Gasteiger partial charge on any atom is 0.435 e. The van der Waals surface area contributed by atoms with Crippen LogP contribution in [0.25, 0.3) is 0 Å². The molecule has 1 N–H and O–H groups in total. The monoisotopic (exact) mass is 351 g/mol. The van der Waals surface area contributed by atoms with Crippen LogP contribution in [-0.4, -0.2) is 22.2 Å². The fourth-order valence-corrected chi connectivity index (χ4v) is 1.86. The van der Waals surface area contributed by atoms with Crippen molar-refractivity contribution in [1.29, 1.82) is 0 Å². The minimum Gasteiger partial charge on any atom is -0.350 e. The summed E-state index contributed by atoms with van der Waals surface area (Å²) < 4.78 is 75.8. The van der Waals surface area contributed by atoms with Crippen molar-refractivity contribution in [3.05, 3.63) is 53.3 Å². The first-order chi connectivity index (χ1) is 11.1. The fourth-order valence-electron chi connectivity index (χ4n) is 1.86. The molecule has 0 spiro atoms. The molecule has 0 atom stereocenters. The molecule has 0 bridgehead atoms. The Kier molecular flexibility index (Phi) is 4.86. The molecule has 4 nitrogen and oxygen atoms in total. The van der Waals surface area contributed by atoms with Crippen LogP contribution in [-0.2, 0) is 18.9 Å². The van der Waals surface area contributed by atoms with Crippen molar-refractivity contribution in [2.45, 2.75) is 18.9 Å². The topological polar surface area (TPSA) is 46.9 Å². The number of nitrogens with zero attached hydrogens (tertiary/aromatic N) is 2. The fraction of sp³-hybridized carbons (Fsp3) is 0.286. The molecule has 24 heavy (non-hydrogen) atoms. The maximum atomic E-state index is 12.6. The van der Waals surface area contributed by atoms with Gasteiger partial charge in [0.1, 0.15) is 0 Å². The van der Waals surface area contributed by atoms with Crippen molar-refractivity contribution < 1.29 is 31.1 Å². The Morgan fingerprint density at radius 1 is 1.08 bits per heavy atom. The van der Waals surface area contributed by atoms with Gasteiger partial charge in [0, 0.05) is 18.3 Å². The van der Waals surface area contributed by atoms with Gasteiger partial charge in [-0.2, -0.15) is 31.4 Å². The number of carbonyl (C=O) groups excluding carboxylic acids is 1. The molecule has 0 saturated heterocycles. The highest BCUT2D eigenvalue weighted by Gasteiger charge is 2.33. The second-order valence-electron chi connectivity index (χ2n) is 4.80. The van der Waals surface area contributed by atoms with Gasteiger partial charge in [0.25, 0.3) is 5.91 Å². The van der Waals surface area contributed by atoms with Gasteiger partial charge in [-0.25, -0.2) is 0 Å². The summed E-state index contributed by atoms with van der Waals surface area (Å²) in [7, 11) is 0. The molecule has 2 rings (SSSR count). The summed E-state index contributed by atoms with van der Waals surface area (Å²) in [5.74, 6) is -0.760. The van der Waals surface area contributed by atoms with Gasteiger partial charge in [-0.3, -0.25) is 9.48 Å². The van der Waals surface area contributed by atoms with Crippen LogP contribution in [0.3, 0.4) is 0 Å². The van der Waals surface area contributed by atoms with Crippen LogP contribution in [0.4, 0.5) is 26.3 Å². The second kappa shape index (κ2) is 6.54. The number of nitrogens with one attached hydrogen (secondary N) is 1. The normalized spacial score (nSPS) is 12.2. The van der Waals surface area contributed by atoms with E-state index in [9.17, 15) is 31.1 Å². The summed E-state index contributed by atoms with van der Waals surface area (Å²) in [4.78, 5) is 11.8. The van der Waals surface area contributed by atoms with Crippen molar-refractivity contribution in [1.82, 2.24) is 15.1 Å². The summed E-state index contributed by atoms with van der Waals surface area (Å²) in [6, 6.07) is 4.62. The van der Waals surface area contributed by atoms with Gasteiger partial charge in [0.05, 0.1) is 12.1 Å². The van der Waals surface area contributed by atoms with Gasteiger partial charge in [0.2, 0.25) is 0 Å². The third-order valence-electron chi connectivity index (χ3n) is 3.01. The lowest BCUT2D eigenvalue weighted by atomic mass is 10.1. The Balaban J connectivity index is 1.93. The standard InChI is InChI=1S/C14H11F6N3O/c15-13(16,17)10-3-1-2-9(8-10)12(24)21-5-7-23-6-4-11(22-23)14(18,19)20/h1-4,6,8H,5,7H2,(H,21,24). The molecule has 1 aromatic heterocycles. The highest BCUT2D eigenvalue weighted by atomic mass is 19.4. The van der Waals surface area contributed by atoms with Crippen LogP contribution in [0.2, 0.25) is 0 Å². The third-order valence-corrected chi connectivity index (χ3v) is 3.01. The number of rotatable bonds is 4. The molecule has 0 aliphatic heterocycles. The summed E-state index contributed by atoms with van der Waals surface area (Å²) in [5.41, 5.74) is -2.22. The Bertz CT molecular complexity index is 720. The first kappa shape index (κ1) is 17.8. The molecule has 0 aliphatic carbocycles. The molecule has 1 aromatic carbocycles. The minimum absolute atomic E-state index is 0.0548. The summed E-state index contributed by atoms with van der Waals surface area (Å²) in [6.07, 6.45) is -8.04. The van der Waals surface area contributed by atoms with E-state index < -0.39 is 29.5 Å². The quantitative estimate of drug-likeness (QED) is 0.859. The predicted molar refractivity (Wildman–Crippen MR) is 71.0 cm³/mol. The molecule has 0 unspecified atom stereocenters. The predicted octanol–water partition coefficient (Wildman–Crippen LogP) is 3.35. The number of halogens is 6. The second-order valence-corrected chi connectivity index (χ2v) is 4.80. The van der Waals surface area contributed by atoms with Crippen LogP contribution < -0.4 is 5.32 Å². The number of aromatic nitrogens is 2. The molecule has 0 aliphatic rings. The van der Waals surface area contributed by atoms with E-state index in [4.69, 9.17) is 0 Å². The van der Waals surface area contributed by atoms with Crippen molar-refractivity contribution in [2.75, 3.05) is 6.54 Å². The van der Waals surface area contributed by atoms with E-state index >= 15 is 0 Å².